The average molecular weight is 264 g/mol. The Hall–Kier alpha value is -2.21. The van der Waals surface area contributed by atoms with Crippen molar-refractivity contribution in [3.05, 3.63) is 41.4 Å². The fraction of sp³-hybridized carbons (Fsp3) is 0.0909. The third-order valence-corrected chi connectivity index (χ3v) is 2.42. The minimum Gasteiger partial charge on any atom is -0.372 e. The van der Waals surface area contributed by atoms with Crippen molar-refractivity contribution in [1.29, 1.82) is 0 Å². The zero-order valence-corrected chi connectivity index (χ0v) is 10.3. The number of aromatic nitrogens is 3. The Kier molecular flexibility index (Phi) is 3.69. The molecular weight excluding hydrogens is 254 g/mol. The van der Waals surface area contributed by atoms with Gasteiger partial charge in [-0.05, 0) is 12.1 Å². The maximum atomic E-state index is 11.9. The van der Waals surface area contributed by atoms with Crippen molar-refractivity contribution in [1.82, 2.24) is 15.0 Å². The molecule has 2 aromatic rings. The lowest BCUT2D eigenvalue weighted by Crippen LogP contribution is -2.15. The monoisotopic (exact) mass is 263 g/mol. The lowest BCUT2D eigenvalue weighted by Gasteiger charge is -2.05. The minimum absolute atomic E-state index is 0.184. The van der Waals surface area contributed by atoms with Gasteiger partial charge in [-0.25, -0.2) is 9.97 Å². The molecule has 18 heavy (non-hydrogen) atoms. The summed E-state index contributed by atoms with van der Waals surface area (Å²) >= 11 is 5.89. The molecule has 7 heteroatoms. The van der Waals surface area contributed by atoms with Crippen molar-refractivity contribution in [2.75, 3.05) is 17.7 Å². The number of amides is 1. The van der Waals surface area contributed by atoms with Crippen LogP contribution in [-0.4, -0.2) is 27.9 Å². The summed E-state index contributed by atoms with van der Waals surface area (Å²) in [6.45, 7) is 0. The van der Waals surface area contributed by atoms with Gasteiger partial charge in [0.05, 0.1) is 17.4 Å². The van der Waals surface area contributed by atoms with Gasteiger partial charge in [-0.3, -0.25) is 9.78 Å². The molecule has 0 aliphatic rings. The number of hydrogen-bond donors (Lipinski definition) is 2. The van der Waals surface area contributed by atoms with Crippen molar-refractivity contribution >= 4 is 29.1 Å². The minimum atomic E-state index is -0.416. The first-order chi connectivity index (χ1) is 8.70. The zero-order chi connectivity index (χ0) is 13.0. The van der Waals surface area contributed by atoms with E-state index in [-0.39, 0.29) is 5.69 Å². The van der Waals surface area contributed by atoms with Crippen LogP contribution in [0.25, 0.3) is 0 Å². The molecule has 0 aliphatic carbocycles. The second kappa shape index (κ2) is 5.42. The predicted octanol–water partition coefficient (Wildman–Crippen LogP) is 1.82. The quantitative estimate of drug-likeness (QED) is 0.883. The molecule has 2 aromatic heterocycles. The van der Waals surface area contributed by atoms with E-state index in [2.05, 4.69) is 25.6 Å². The van der Waals surface area contributed by atoms with Crippen molar-refractivity contribution in [2.24, 2.45) is 0 Å². The molecule has 0 fully saturated rings. The van der Waals surface area contributed by atoms with Crippen molar-refractivity contribution in [2.45, 2.75) is 0 Å². The highest BCUT2D eigenvalue weighted by Gasteiger charge is 2.11. The highest BCUT2D eigenvalue weighted by atomic mass is 35.5. The molecule has 0 aromatic carbocycles. The number of carbonyl (C=O) groups is 1. The standard InChI is InChI=1S/C11H10ClN5O/c1-13-9-6-14-5-8(16-9)11(18)17-10-7(12)3-2-4-15-10/h2-6H,1H3,(H,13,16)(H,15,17,18). The normalized spacial score (nSPS) is 9.89. The summed E-state index contributed by atoms with van der Waals surface area (Å²) in [5.74, 6) is 0.385. The number of pyridine rings is 1. The number of hydrogen-bond acceptors (Lipinski definition) is 5. The van der Waals surface area contributed by atoms with Gasteiger partial charge in [0.25, 0.3) is 5.91 Å². The predicted molar refractivity (Wildman–Crippen MR) is 68.8 cm³/mol. The van der Waals surface area contributed by atoms with Gasteiger partial charge in [0.1, 0.15) is 11.5 Å². The van der Waals surface area contributed by atoms with Gasteiger partial charge in [-0.1, -0.05) is 11.6 Å². The third kappa shape index (κ3) is 2.72. The van der Waals surface area contributed by atoms with E-state index < -0.39 is 5.91 Å². The van der Waals surface area contributed by atoms with Crippen LogP contribution in [0.15, 0.2) is 30.7 Å². The molecule has 6 nitrogen and oxygen atoms in total. The molecule has 0 saturated carbocycles. The van der Waals surface area contributed by atoms with Gasteiger partial charge in [0.15, 0.2) is 5.82 Å². The first kappa shape index (κ1) is 12.3. The Bertz CT molecular complexity index is 575. The van der Waals surface area contributed by atoms with Gasteiger partial charge in [-0.15, -0.1) is 0 Å². The molecule has 92 valence electrons. The summed E-state index contributed by atoms with van der Waals surface area (Å²) in [6, 6.07) is 3.32. The van der Waals surface area contributed by atoms with Crippen molar-refractivity contribution in [3.63, 3.8) is 0 Å². The largest absolute Gasteiger partial charge is 0.372 e. The van der Waals surface area contributed by atoms with E-state index >= 15 is 0 Å². The fourth-order valence-electron chi connectivity index (χ4n) is 1.25. The van der Waals surface area contributed by atoms with Crippen LogP contribution in [0.2, 0.25) is 5.02 Å². The first-order valence-corrected chi connectivity index (χ1v) is 5.50. The van der Waals surface area contributed by atoms with Crippen molar-refractivity contribution in [3.8, 4) is 0 Å². The summed E-state index contributed by atoms with van der Waals surface area (Å²) < 4.78 is 0. The van der Waals surface area contributed by atoms with Crippen LogP contribution in [0.3, 0.4) is 0 Å². The third-order valence-electron chi connectivity index (χ3n) is 2.11. The molecule has 0 atom stereocenters. The Morgan fingerprint density at radius 2 is 2.22 bits per heavy atom. The number of nitrogens with zero attached hydrogens (tertiary/aromatic N) is 3. The Morgan fingerprint density at radius 1 is 1.39 bits per heavy atom. The Balaban J connectivity index is 2.19. The first-order valence-electron chi connectivity index (χ1n) is 5.12. The SMILES string of the molecule is CNc1cncc(C(=O)Nc2ncccc2Cl)n1. The molecule has 0 bridgehead atoms. The Morgan fingerprint density at radius 3 is 2.94 bits per heavy atom. The maximum Gasteiger partial charge on any atom is 0.277 e. The lowest BCUT2D eigenvalue weighted by atomic mass is 10.4. The Labute approximate surface area is 108 Å². The average Bonchev–Trinajstić information content (AvgIpc) is 2.41. The second-order valence-corrected chi connectivity index (χ2v) is 3.73. The van der Waals surface area contributed by atoms with Gasteiger partial charge in [0, 0.05) is 13.2 Å². The van der Waals surface area contributed by atoms with Gasteiger partial charge < -0.3 is 10.6 Å². The summed E-state index contributed by atoms with van der Waals surface area (Å²) in [5.41, 5.74) is 0.184. The molecule has 2 heterocycles. The molecule has 0 saturated heterocycles. The van der Waals surface area contributed by atoms with Crippen LogP contribution in [0.1, 0.15) is 10.5 Å². The molecule has 0 aliphatic heterocycles. The van der Waals surface area contributed by atoms with Crippen LogP contribution in [0.5, 0.6) is 0 Å². The lowest BCUT2D eigenvalue weighted by molar-refractivity contribution is 0.102. The molecule has 0 spiro atoms. The number of carbonyl (C=O) groups excluding carboxylic acids is 1. The van der Waals surface area contributed by atoms with Crippen LogP contribution in [-0.2, 0) is 0 Å². The molecule has 1 amide bonds. The van der Waals surface area contributed by atoms with E-state index in [1.807, 2.05) is 0 Å². The van der Waals surface area contributed by atoms with E-state index in [4.69, 9.17) is 11.6 Å². The van der Waals surface area contributed by atoms with E-state index in [1.165, 1.54) is 18.6 Å². The van der Waals surface area contributed by atoms with Gasteiger partial charge in [-0.2, -0.15) is 0 Å². The van der Waals surface area contributed by atoms with Crippen LogP contribution >= 0.6 is 11.6 Å². The van der Waals surface area contributed by atoms with Gasteiger partial charge >= 0.3 is 0 Å². The second-order valence-electron chi connectivity index (χ2n) is 3.33. The summed E-state index contributed by atoms with van der Waals surface area (Å²) in [7, 11) is 1.70. The number of nitrogens with one attached hydrogen (secondary N) is 2. The number of anilines is 2. The molecular formula is C11H10ClN5O. The van der Waals surface area contributed by atoms with Crippen LogP contribution < -0.4 is 10.6 Å². The topological polar surface area (TPSA) is 79.8 Å². The van der Waals surface area contributed by atoms with Gasteiger partial charge in [0.2, 0.25) is 0 Å². The molecule has 2 N–H and O–H groups in total. The van der Waals surface area contributed by atoms with Crippen molar-refractivity contribution < 1.29 is 4.79 Å². The molecule has 0 unspecified atom stereocenters. The summed E-state index contributed by atoms with van der Waals surface area (Å²) in [5, 5.41) is 5.73. The van der Waals surface area contributed by atoms with E-state index in [9.17, 15) is 4.79 Å². The zero-order valence-electron chi connectivity index (χ0n) is 9.51. The summed E-state index contributed by atoms with van der Waals surface area (Å²) in [4.78, 5) is 23.8. The highest BCUT2D eigenvalue weighted by Crippen LogP contribution is 2.17. The maximum absolute atomic E-state index is 11.9. The highest BCUT2D eigenvalue weighted by molar-refractivity contribution is 6.33. The summed E-state index contributed by atoms with van der Waals surface area (Å²) in [6.07, 6.45) is 4.43. The molecule has 2 rings (SSSR count). The smallest absolute Gasteiger partial charge is 0.277 e. The van der Waals surface area contributed by atoms with E-state index in [0.29, 0.717) is 16.7 Å². The fourth-order valence-corrected chi connectivity index (χ4v) is 1.41. The number of halogens is 1. The molecule has 0 radical (unpaired) electrons. The van der Waals surface area contributed by atoms with Crippen LogP contribution in [0.4, 0.5) is 11.6 Å². The van der Waals surface area contributed by atoms with E-state index in [0.717, 1.165) is 0 Å². The van der Waals surface area contributed by atoms with Crippen LogP contribution in [0, 0.1) is 0 Å². The van der Waals surface area contributed by atoms with E-state index in [1.54, 1.807) is 19.2 Å². The number of rotatable bonds is 3.